The van der Waals surface area contributed by atoms with Gasteiger partial charge in [0.25, 0.3) is 0 Å². The van der Waals surface area contributed by atoms with Gasteiger partial charge in [0.05, 0.1) is 0 Å². The minimum absolute atomic E-state index is 0. The van der Waals surface area contributed by atoms with E-state index >= 15 is 0 Å². The first-order valence-corrected chi connectivity index (χ1v) is 8.29. The molecule has 3 N–H and O–H groups in total. The summed E-state index contributed by atoms with van der Waals surface area (Å²) in [7, 11) is 0. The molecule has 1 amide bonds. The van der Waals surface area contributed by atoms with Crippen molar-refractivity contribution in [3.8, 4) is 0 Å². The minimum atomic E-state index is 0. The molecule has 0 spiro atoms. The number of benzene rings is 1. The molecule has 22 heavy (non-hydrogen) atoms. The first kappa shape index (κ1) is 17.6. The lowest BCUT2D eigenvalue weighted by molar-refractivity contribution is -0.128. The summed E-state index contributed by atoms with van der Waals surface area (Å²) in [5.41, 5.74) is 7.33. The van der Waals surface area contributed by atoms with Gasteiger partial charge in [0, 0.05) is 23.5 Å². The van der Waals surface area contributed by atoms with Gasteiger partial charge in [-0.15, -0.1) is 12.4 Å². The number of halogens is 2. The summed E-state index contributed by atoms with van der Waals surface area (Å²) in [6, 6.07) is 7.95. The first-order chi connectivity index (χ1) is 10.1. The topological polar surface area (TPSA) is 55.1 Å². The molecule has 2 bridgehead atoms. The standard InChI is InChI=1S/C17H23ClN2O.ClH/c18-15-6-1-3-11(7-15)10-20-17(21)14-8-12-4-2-5-13(9-14)16(12)19;/h1,3,6-7,12-14,16H,2,4-5,8-10,19H2,(H,20,21);1H. The zero-order valence-electron chi connectivity index (χ0n) is 12.6. The lowest BCUT2D eigenvalue weighted by atomic mass is 9.65. The number of amides is 1. The molecule has 2 aliphatic carbocycles. The van der Waals surface area contributed by atoms with Crippen LogP contribution in [0.2, 0.25) is 5.02 Å². The third kappa shape index (κ3) is 3.95. The molecule has 1 aromatic rings. The van der Waals surface area contributed by atoms with Crippen LogP contribution < -0.4 is 11.1 Å². The fourth-order valence-electron chi connectivity index (χ4n) is 3.98. The summed E-state index contributed by atoms with van der Waals surface area (Å²) >= 11 is 5.96. The van der Waals surface area contributed by atoms with Gasteiger partial charge in [-0.05, 0) is 55.2 Å². The molecule has 2 fully saturated rings. The zero-order chi connectivity index (χ0) is 14.8. The van der Waals surface area contributed by atoms with E-state index in [-0.39, 0.29) is 24.2 Å². The molecule has 2 unspecified atom stereocenters. The van der Waals surface area contributed by atoms with Crippen molar-refractivity contribution in [2.45, 2.75) is 44.7 Å². The highest BCUT2D eigenvalue weighted by atomic mass is 35.5. The molecule has 3 rings (SSSR count). The van der Waals surface area contributed by atoms with Crippen molar-refractivity contribution in [3.63, 3.8) is 0 Å². The minimum Gasteiger partial charge on any atom is -0.352 e. The zero-order valence-corrected chi connectivity index (χ0v) is 14.2. The van der Waals surface area contributed by atoms with E-state index in [2.05, 4.69) is 5.32 Å². The predicted molar refractivity (Wildman–Crippen MR) is 92.1 cm³/mol. The number of fused-ring (bicyclic) bond motifs is 2. The van der Waals surface area contributed by atoms with Gasteiger partial charge < -0.3 is 11.1 Å². The number of nitrogens with two attached hydrogens (primary N) is 1. The third-order valence-corrected chi connectivity index (χ3v) is 5.37. The molecule has 122 valence electrons. The fourth-order valence-corrected chi connectivity index (χ4v) is 4.20. The Hall–Kier alpha value is -0.770. The van der Waals surface area contributed by atoms with Gasteiger partial charge in [-0.1, -0.05) is 30.2 Å². The van der Waals surface area contributed by atoms with Gasteiger partial charge in [0.2, 0.25) is 5.91 Å². The maximum Gasteiger partial charge on any atom is 0.223 e. The fraction of sp³-hybridized carbons (Fsp3) is 0.588. The second-order valence-corrected chi connectivity index (χ2v) is 6.98. The van der Waals surface area contributed by atoms with E-state index < -0.39 is 0 Å². The van der Waals surface area contributed by atoms with Crippen LogP contribution in [0, 0.1) is 17.8 Å². The third-order valence-electron chi connectivity index (χ3n) is 5.14. The normalized spacial score (nSPS) is 30.3. The molecule has 3 nitrogen and oxygen atoms in total. The lowest BCUT2D eigenvalue weighted by Gasteiger charge is -2.43. The SMILES string of the molecule is Cl.NC1C2CCCC1CC(C(=O)NCc1cccc(Cl)c1)C2. The molecule has 0 radical (unpaired) electrons. The van der Waals surface area contributed by atoms with Crippen LogP contribution in [-0.2, 0) is 11.3 Å². The van der Waals surface area contributed by atoms with E-state index in [1.165, 1.54) is 19.3 Å². The Morgan fingerprint density at radius 1 is 1.27 bits per heavy atom. The van der Waals surface area contributed by atoms with Crippen molar-refractivity contribution in [3.05, 3.63) is 34.9 Å². The van der Waals surface area contributed by atoms with Gasteiger partial charge >= 0.3 is 0 Å². The average Bonchev–Trinajstić information content (AvgIpc) is 2.44. The van der Waals surface area contributed by atoms with Crippen LogP contribution in [0.15, 0.2) is 24.3 Å². The molecule has 0 heterocycles. The molecule has 2 aliphatic rings. The summed E-state index contributed by atoms with van der Waals surface area (Å²) in [5.74, 6) is 1.40. The molecule has 1 aromatic carbocycles. The molecule has 2 saturated carbocycles. The Kier molecular flexibility index (Phi) is 6.13. The molecule has 0 saturated heterocycles. The number of hydrogen-bond donors (Lipinski definition) is 2. The van der Waals surface area contributed by atoms with E-state index in [1.807, 2.05) is 24.3 Å². The van der Waals surface area contributed by atoms with Crippen molar-refractivity contribution in [1.82, 2.24) is 5.32 Å². The van der Waals surface area contributed by atoms with Crippen molar-refractivity contribution in [1.29, 1.82) is 0 Å². The van der Waals surface area contributed by atoms with E-state index in [0.29, 0.717) is 29.4 Å². The van der Waals surface area contributed by atoms with Gasteiger partial charge in [-0.3, -0.25) is 4.79 Å². The van der Waals surface area contributed by atoms with Crippen molar-refractivity contribution in [2.24, 2.45) is 23.5 Å². The molecular weight excluding hydrogens is 319 g/mol. The summed E-state index contributed by atoms with van der Waals surface area (Å²) < 4.78 is 0. The Morgan fingerprint density at radius 3 is 2.59 bits per heavy atom. The largest absolute Gasteiger partial charge is 0.352 e. The maximum absolute atomic E-state index is 12.4. The van der Waals surface area contributed by atoms with Crippen molar-refractivity contribution < 1.29 is 4.79 Å². The van der Waals surface area contributed by atoms with Crippen molar-refractivity contribution >= 4 is 29.9 Å². The Morgan fingerprint density at radius 2 is 1.95 bits per heavy atom. The van der Waals surface area contributed by atoms with Crippen molar-refractivity contribution in [2.75, 3.05) is 0 Å². The second-order valence-electron chi connectivity index (χ2n) is 6.54. The quantitative estimate of drug-likeness (QED) is 0.882. The summed E-state index contributed by atoms with van der Waals surface area (Å²) in [6.45, 7) is 0.553. The Balaban J connectivity index is 0.00000176. The molecule has 0 aliphatic heterocycles. The summed E-state index contributed by atoms with van der Waals surface area (Å²) in [5, 5.41) is 3.77. The van der Waals surface area contributed by atoms with Crippen LogP contribution in [-0.4, -0.2) is 11.9 Å². The highest BCUT2D eigenvalue weighted by molar-refractivity contribution is 6.30. The number of hydrogen-bond acceptors (Lipinski definition) is 2. The predicted octanol–water partition coefficient (Wildman–Crippen LogP) is 3.53. The first-order valence-electron chi connectivity index (χ1n) is 7.91. The van der Waals surface area contributed by atoms with Crippen LogP contribution >= 0.6 is 24.0 Å². The summed E-state index contributed by atoms with van der Waals surface area (Å²) in [4.78, 5) is 12.4. The van der Waals surface area contributed by atoms with Gasteiger partial charge in [-0.25, -0.2) is 0 Å². The average molecular weight is 343 g/mol. The number of nitrogens with one attached hydrogen (secondary N) is 1. The summed E-state index contributed by atoms with van der Waals surface area (Å²) in [6.07, 6.45) is 5.57. The smallest absolute Gasteiger partial charge is 0.223 e. The highest BCUT2D eigenvalue weighted by Gasteiger charge is 2.40. The van der Waals surface area contributed by atoms with Gasteiger partial charge in [-0.2, -0.15) is 0 Å². The van der Waals surface area contributed by atoms with E-state index in [9.17, 15) is 4.79 Å². The van der Waals surface area contributed by atoms with E-state index in [1.54, 1.807) is 0 Å². The van der Waals surface area contributed by atoms with Crippen LogP contribution in [0.25, 0.3) is 0 Å². The van der Waals surface area contributed by atoms with Gasteiger partial charge in [0.1, 0.15) is 0 Å². The number of carbonyl (C=O) groups excluding carboxylic acids is 1. The highest BCUT2D eigenvalue weighted by Crippen LogP contribution is 2.41. The number of rotatable bonds is 3. The monoisotopic (exact) mass is 342 g/mol. The Labute approximate surface area is 143 Å². The Bertz CT molecular complexity index is 509. The van der Waals surface area contributed by atoms with Crippen LogP contribution in [0.3, 0.4) is 0 Å². The molecule has 5 heteroatoms. The van der Waals surface area contributed by atoms with Crippen LogP contribution in [0.5, 0.6) is 0 Å². The number of carbonyl (C=O) groups is 1. The lowest BCUT2D eigenvalue weighted by Crippen LogP contribution is -2.49. The van der Waals surface area contributed by atoms with E-state index in [0.717, 1.165) is 18.4 Å². The molecular formula is C17H24Cl2N2O. The van der Waals surface area contributed by atoms with Crippen LogP contribution in [0.1, 0.15) is 37.7 Å². The maximum atomic E-state index is 12.4. The molecule has 0 aromatic heterocycles. The second kappa shape index (κ2) is 7.67. The van der Waals surface area contributed by atoms with Gasteiger partial charge in [0.15, 0.2) is 0 Å². The van der Waals surface area contributed by atoms with E-state index in [4.69, 9.17) is 17.3 Å². The van der Waals surface area contributed by atoms with Crippen LogP contribution in [0.4, 0.5) is 0 Å². The molecule has 2 atom stereocenters.